The van der Waals surface area contributed by atoms with E-state index in [1.165, 1.54) is 0 Å². The largest absolute Gasteiger partial charge is 0.483 e. The smallest absolute Gasteiger partial charge is 0.204 e. The second-order valence-corrected chi connectivity index (χ2v) is 2.48. The van der Waals surface area contributed by atoms with Crippen molar-refractivity contribution >= 4 is 5.78 Å². The molecule has 1 aliphatic rings. The molecule has 1 aromatic rings. The molecule has 3 heteroatoms. The average Bonchev–Trinajstić information content (AvgIpc) is 2.35. The van der Waals surface area contributed by atoms with Crippen molar-refractivity contribution < 1.29 is 9.53 Å². The van der Waals surface area contributed by atoms with E-state index in [2.05, 4.69) is 4.98 Å². The van der Waals surface area contributed by atoms with Gasteiger partial charge in [-0.2, -0.15) is 0 Å². The number of hydrogen-bond acceptors (Lipinski definition) is 3. The Balaban J connectivity index is 2.66. The molecular weight excluding hydrogens is 142 g/mol. The molecule has 11 heavy (non-hydrogen) atoms. The number of hydrogen-bond donors (Lipinski definition) is 0. The zero-order valence-corrected chi connectivity index (χ0v) is 6.13. The van der Waals surface area contributed by atoms with Crippen LogP contribution in [-0.4, -0.2) is 17.4 Å². The standard InChI is InChI=1S/C8H7NO2/c1-5-8-6(2-3-9-5)7(10)4-11-8/h2-3H,4H2,1H3. The third-order valence-corrected chi connectivity index (χ3v) is 1.73. The number of ketones is 1. The molecule has 56 valence electrons. The summed E-state index contributed by atoms with van der Waals surface area (Å²) in [5, 5.41) is 0. The molecule has 0 amide bonds. The molecule has 0 aromatic carbocycles. The maximum atomic E-state index is 11.1. The molecule has 0 atom stereocenters. The minimum absolute atomic E-state index is 0.0468. The van der Waals surface area contributed by atoms with Gasteiger partial charge in [0, 0.05) is 6.20 Å². The Morgan fingerprint density at radius 2 is 2.45 bits per heavy atom. The highest BCUT2D eigenvalue weighted by molar-refractivity contribution is 6.02. The van der Waals surface area contributed by atoms with Crippen LogP contribution in [0.1, 0.15) is 16.1 Å². The number of Topliss-reactive ketones (excluding diaryl/α,β-unsaturated/α-hetero) is 1. The first-order chi connectivity index (χ1) is 5.29. The number of rotatable bonds is 0. The van der Waals surface area contributed by atoms with E-state index >= 15 is 0 Å². The molecule has 0 N–H and O–H groups in total. The Morgan fingerprint density at radius 1 is 1.64 bits per heavy atom. The van der Waals surface area contributed by atoms with Crippen molar-refractivity contribution in [1.29, 1.82) is 0 Å². The highest BCUT2D eigenvalue weighted by atomic mass is 16.5. The van der Waals surface area contributed by atoms with E-state index in [0.717, 1.165) is 5.69 Å². The number of ether oxygens (including phenoxy) is 1. The number of aryl methyl sites for hydroxylation is 1. The lowest BCUT2D eigenvalue weighted by atomic mass is 10.2. The number of pyridine rings is 1. The lowest BCUT2D eigenvalue weighted by Gasteiger charge is -1.98. The first-order valence-corrected chi connectivity index (χ1v) is 3.40. The van der Waals surface area contributed by atoms with Crippen LogP contribution in [0.25, 0.3) is 0 Å². The second-order valence-electron chi connectivity index (χ2n) is 2.48. The van der Waals surface area contributed by atoms with Crippen molar-refractivity contribution in [3.05, 3.63) is 23.5 Å². The van der Waals surface area contributed by atoms with Crippen LogP contribution in [0.2, 0.25) is 0 Å². The fourth-order valence-corrected chi connectivity index (χ4v) is 1.17. The van der Waals surface area contributed by atoms with E-state index in [1.54, 1.807) is 12.3 Å². The van der Waals surface area contributed by atoms with Crippen LogP contribution >= 0.6 is 0 Å². The molecule has 0 bridgehead atoms. The summed E-state index contributed by atoms with van der Waals surface area (Å²) in [7, 11) is 0. The summed E-state index contributed by atoms with van der Waals surface area (Å²) in [5.74, 6) is 0.697. The molecule has 0 aliphatic carbocycles. The van der Waals surface area contributed by atoms with Crippen molar-refractivity contribution in [3.8, 4) is 5.75 Å². The summed E-state index contributed by atoms with van der Waals surface area (Å²) in [6.45, 7) is 2.00. The van der Waals surface area contributed by atoms with E-state index in [1.807, 2.05) is 6.92 Å². The summed E-state index contributed by atoms with van der Waals surface area (Å²) < 4.78 is 5.13. The third-order valence-electron chi connectivity index (χ3n) is 1.73. The number of fused-ring (bicyclic) bond motifs is 1. The number of carbonyl (C=O) groups is 1. The van der Waals surface area contributed by atoms with Crippen LogP contribution in [0.5, 0.6) is 5.75 Å². The molecule has 0 fully saturated rings. The van der Waals surface area contributed by atoms with Crippen molar-refractivity contribution in [1.82, 2.24) is 4.98 Å². The van der Waals surface area contributed by atoms with E-state index in [-0.39, 0.29) is 12.4 Å². The maximum Gasteiger partial charge on any atom is 0.204 e. The minimum Gasteiger partial charge on any atom is -0.483 e. The van der Waals surface area contributed by atoms with Gasteiger partial charge < -0.3 is 4.74 Å². The molecule has 1 aromatic heterocycles. The van der Waals surface area contributed by atoms with E-state index in [9.17, 15) is 4.79 Å². The highest BCUT2D eigenvalue weighted by Crippen LogP contribution is 2.26. The summed E-state index contributed by atoms with van der Waals surface area (Å²) in [6, 6.07) is 1.69. The van der Waals surface area contributed by atoms with E-state index in [4.69, 9.17) is 4.74 Å². The third kappa shape index (κ3) is 0.808. The molecule has 1 aliphatic heterocycles. The SMILES string of the molecule is Cc1nccc2c1OCC2=O. The quantitative estimate of drug-likeness (QED) is 0.551. The highest BCUT2D eigenvalue weighted by Gasteiger charge is 2.22. The molecular formula is C8H7NO2. The number of carbonyl (C=O) groups excluding carboxylic acids is 1. The van der Waals surface area contributed by atoms with Gasteiger partial charge in [0.05, 0.1) is 11.3 Å². The van der Waals surface area contributed by atoms with Gasteiger partial charge in [-0.15, -0.1) is 0 Å². The molecule has 3 nitrogen and oxygen atoms in total. The van der Waals surface area contributed by atoms with Crippen molar-refractivity contribution in [2.75, 3.05) is 6.61 Å². The fourth-order valence-electron chi connectivity index (χ4n) is 1.17. The zero-order chi connectivity index (χ0) is 7.84. The van der Waals surface area contributed by atoms with Gasteiger partial charge >= 0.3 is 0 Å². The van der Waals surface area contributed by atoms with Crippen LogP contribution < -0.4 is 4.74 Å². The molecule has 2 heterocycles. The van der Waals surface area contributed by atoms with Gasteiger partial charge in [0.1, 0.15) is 0 Å². The summed E-state index contributed by atoms with van der Waals surface area (Å²) in [4.78, 5) is 15.1. The Hall–Kier alpha value is -1.38. The molecule has 0 spiro atoms. The molecule has 0 radical (unpaired) electrons. The molecule has 0 unspecified atom stereocenters. The Labute approximate surface area is 64.0 Å². The van der Waals surface area contributed by atoms with E-state index < -0.39 is 0 Å². The minimum atomic E-state index is 0.0468. The van der Waals surface area contributed by atoms with Crippen LogP contribution in [0.3, 0.4) is 0 Å². The molecule has 0 saturated heterocycles. The summed E-state index contributed by atoms with van der Waals surface area (Å²) in [6.07, 6.45) is 1.63. The van der Waals surface area contributed by atoms with Gasteiger partial charge in [0.25, 0.3) is 0 Å². The first kappa shape index (κ1) is 6.34. The summed E-state index contributed by atoms with van der Waals surface area (Å²) >= 11 is 0. The molecule has 2 rings (SSSR count). The Bertz CT molecular complexity index is 320. The average molecular weight is 149 g/mol. The fraction of sp³-hybridized carbons (Fsp3) is 0.250. The van der Waals surface area contributed by atoms with Crippen LogP contribution in [0.15, 0.2) is 12.3 Å². The van der Waals surface area contributed by atoms with Crippen molar-refractivity contribution in [2.45, 2.75) is 6.92 Å². The van der Waals surface area contributed by atoms with Gasteiger partial charge in [-0.1, -0.05) is 0 Å². The monoisotopic (exact) mass is 149 g/mol. The van der Waals surface area contributed by atoms with Gasteiger partial charge in [-0.25, -0.2) is 0 Å². The summed E-state index contributed by atoms with van der Waals surface area (Å²) in [5.41, 5.74) is 1.45. The predicted molar refractivity (Wildman–Crippen MR) is 38.8 cm³/mol. The molecule has 0 saturated carbocycles. The van der Waals surface area contributed by atoms with E-state index in [0.29, 0.717) is 11.3 Å². The van der Waals surface area contributed by atoms with Crippen LogP contribution in [0, 0.1) is 6.92 Å². The predicted octanol–water partition coefficient (Wildman–Crippen LogP) is 0.965. The lowest BCUT2D eigenvalue weighted by Crippen LogP contribution is -1.98. The van der Waals surface area contributed by atoms with Gasteiger partial charge in [-0.05, 0) is 13.0 Å². The first-order valence-electron chi connectivity index (χ1n) is 3.40. The Kier molecular flexibility index (Phi) is 1.18. The van der Waals surface area contributed by atoms with Crippen LogP contribution in [0.4, 0.5) is 0 Å². The van der Waals surface area contributed by atoms with Crippen molar-refractivity contribution in [2.24, 2.45) is 0 Å². The number of nitrogens with zero attached hydrogens (tertiary/aromatic N) is 1. The number of aromatic nitrogens is 1. The van der Waals surface area contributed by atoms with Gasteiger partial charge in [0.2, 0.25) is 5.78 Å². The van der Waals surface area contributed by atoms with Gasteiger partial charge in [-0.3, -0.25) is 9.78 Å². The van der Waals surface area contributed by atoms with Gasteiger partial charge in [0.15, 0.2) is 12.4 Å². The lowest BCUT2D eigenvalue weighted by molar-refractivity contribution is 0.0961. The topological polar surface area (TPSA) is 39.2 Å². The zero-order valence-electron chi connectivity index (χ0n) is 6.13. The van der Waals surface area contributed by atoms with Crippen LogP contribution in [-0.2, 0) is 0 Å². The Morgan fingerprint density at radius 3 is 3.18 bits per heavy atom. The van der Waals surface area contributed by atoms with Crippen molar-refractivity contribution in [3.63, 3.8) is 0 Å². The maximum absolute atomic E-state index is 11.1. The second kappa shape index (κ2) is 2.05. The normalized spacial score (nSPS) is 14.5.